The van der Waals surface area contributed by atoms with E-state index in [1.165, 1.54) is 11.5 Å². The van der Waals surface area contributed by atoms with Crippen LogP contribution < -0.4 is 5.73 Å². The Kier molecular flexibility index (Phi) is 3.52. The molecule has 2 aromatic carbocycles. The number of benzene rings is 2. The van der Waals surface area contributed by atoms with Gasteiger partial charge in [0.25, 0.3) is 0 Å². The third kappa shape index (κ3) is 2.32. The Labute approximate surface area is 117 Å². The van der Waals surface area contributed by atoms with Crippen molar-refractivity contribution in [2.75, 3.05) is 6.54 Å². The molecular formula is C17H17FN2. The highest BCUT2D eigenvalue weighted by Crippen LogP contribution is 2.28. The molecule has 1 unspecified atom stereocenters. The monoisotopic (exact) mass is 268 g/mol. The summed E-state index contributed by atoms with van der Waals surface area (Å²) < 4.78 is 13.8. The molecular weight excluding hydrogens is 251 g/mol. The maximum Gasteiger partial charge on any atom is 0.126 e. The van der Waals surface area contributed by atoms with Gasteiger partial charge in [-0.05, 0) is 36.2 Å². The molecule has 0 aliphatic carbocycles. The van der Waals surface area contributed by atoms with Crippen LogP contribution in [0.25, 0.3) is 10.9 Å². The van der Waals surface area contributed by atoms with Gasteiger partial charge >= 0.3 is 0 Å². The number of aromatic nitrogens is 1. The molecule has 2 nitrogen and oxygen atoms in total. The summed E-state index contributed by atoms with van der Waals surface area (Å²) in [7, 11) is 0. The normalized spacial score (nSPS) is 12.7. The summed E-state index contributed by atoms with van der Waals surface area (Å²) in [5, 5.41) is 1.17. The lowest BCUT2D eigenvalue weighted by Crippen LogP contribution is -2.15. The van der Waals surface area contributed by atoms with Gasteiger partial charge in [0, 0.05) is 23.0 Å². The molecule has 0 bridgehead atoms. The molecule has 3 heteroatoms. The number of nitrogens with two attached hydrogens (primary N) is 1. The van der Waals surface area contributed by atoms with Crippen LogP contribution in [0.3, 0.4) is 0 Å². The summed E-state index contributed by atoms with van der Waals surface area (Å²) in [5.74, 6) is -0.0474. The molecule has 1 atom stereocenters. The Morgan fingerprint density at radius 1 is 1.05 bits per heavy atom. The fourth-order valence-corrected chi connectivity index (χ4v) is 2.68. The number of rotatable bonds is 4. The predicted octanol–water partition coefficient (Wildman–Crippen LogP) is 3.59. The highest BCUT2D eigenvalue weighted by atomic mass is 19.1. The Hall–Kier alpha value is -2.13. The van der Waals surface area contributed by atoms with E-state index >= 15 is 0 Å². The fourth-order valence-electron chi connectivity index (χ4n) is 2.68. The molecule has 0 aliphatic heterocycles. The quantitative estimate of drug-likeness (QED) is 0.746. The zero-order chi connectivity index (χ0) is 13.9. The summed E-state index contributed by atoms with van der Waals surface area (Å²) in [4.78, 5) is 3.25. The SMILES string of the molecule is NCC(Cc1ccccc1F)c1c[nH]c2ccccc12. The Morgan fingerprint density at radius 3 is 2.60 bits per heavy atom. The first-order valence-corrected chi connectivity index (χ1v) is 6.79. The topological polar surface area (TPSA) is 41.8 Å². The highest BCUT2D eigenvalue weighted by molar-refractivity contribution is 5.83. The minimum Gasteiger partial charge on any atom is -0.361 e. The van der Waals surface area contributed by atoms with E-state index in [0.717, 1.165) is 11.1 Å². The van der Waals surface area contributed by atoms with Gasteiger partial charge in [-0.2, -0.15) is 0 Å². The van der Waals surface area contributed by atoms with Crippen molar-refractivity contribution in [2.24, 2.45) is 5.73 Å². The molecule has 3 N–H and O–H groups in total. The van der Waals surface area contributed by atoms with Gasteiger partial charge in [-0.15, -0.1) is 0 Å². The molecule has 0 saturated heterocycles. The maximum atomic E-state index is 13.8. The standard InChI is InChI=1S/C17H17FN2/c18-16-7-3-1-5-12(16)9-13(10-19)15-11-20-17-8-4-2-6-14(15)17/h1-8,11,13,20H,9-10,19H2. The number of nitrogens with one attached hydrogen (secondary N) is 1. The average Bonchev–Trinajstić information content (AvgIpc) is 2.90. The van der Waals surface area contributed by atoms with E-state index in [9.17, 15) is 4.39 Å². The zero-order valence-electron chi connectivity index (χ0n) is 11.1. The van der Waals surface area contributed by atoms with Gasteiger partial charge in [0.05, 0.1) is 0 Å². The number of fused-ring (bicyclic) bond motifs is 1. The lowest BCUT2D eigenvalue weighted by atomic mass is 9.91. The molecule has 0 saturated carbocycles. The van der Waals surface area contributed by atoms with Crippen molar-refractivity contribution in [3.8, 4) is 0 Å². The lowest BCUT2D eigenvalue weighted by molar-refractivity contribution is 0.591. The summed E-state index contributed by atoms with van der Waals surface area (Å²) in [5.41, 5.74) is 8.88. The number of hydrogen-bond acceptors (Lipinski definition) is 1. The Bertz CT molecular complexity index is 718. The van der Waals surface area contributed by atoms with E-state index < -0.39 is 0 Å². The van der Waals surface area contributed by atoms with Crippen molar-refractivity contribution in [3.05, 3.63) is 71.7 Å². The molecule has 3 rings (SSSR count). The first-order chi connectivity index (χ1) is 9.79. The molecule has 0 spiro atoms. The maximum absolute atomic E-state index is 13.8. The first-order valence-electron chi connectivity index (χ1n) is 6.79. The number of para-hydroxylation sites is 1. The largest absolute Gasteiger partial charge is 0.361 e. The van der Waals surface area contributed by atoms with E-state index in [2.05, 4.69) is 11.1 Å². The Balaban J connectivity index is 1.96. The lowest BCUT2D eigenvalue weighted by Gasteiger charge is -2.15. The van der Waals surface area contributed by atoms with Gasteiger partial charge in [-0.1, -0.05) is 36.4 Å². The number of hydrogen-bond donors (Lipinski definition) is 2. The smallest absolute Gasteiger partial charge is 0.126 e. The average molecular weight is 268 g/mol. The van der Waals surface area contributed by atoms with Gasteiger partial charge in [-0.3, -0.25) is 0 Å². The number of H-pyrrole nitrogens is 1. The fraction of sp³-hybridized carbons (Fsp3) is 0.176. The van der Waals surface area contributed by atoms with E-state index in [1.807, 2.05) is 36.5 Å². The zero-order valence-corrected chi connectivity index (χ0v) is 11.1. The minimum atomic E-state index is -0.161. The summed E-state index contributed by atoms with van der Waals surface area (Å²) >= 11 is 0. The van der Waals surface area contributed by atoms with Crippen LogP contribution in [0.15, 0.2) is 54.7 Å². The van der Waals surface area contributed by atoms with Crippen LogP contribution in [-0.2, 0) is 6.42 Å². The van der Waals surface area contributed by atoms with Gasteiger partial charge in [0.2, 0.25) is 0 Å². The third-order valence-electron chi connectivity index (χ3n) is 3.77. The minimum absolute atomic E-state index is 0.114. The second kappa shape index (κ2) is 5.47. The van der Waals surface area contributed by atoms with Crippen molar-refractivity contribution >= 4 is 10.9 Å². The van der Waals surface area contributed by atoms with Crippen LogP contribution >= 0.6 is 0 Å². The van der Waals surface area contributed by atoms with Crippen LogP contribution in [0.5, 0.6) is 0 Å². The van der Waals surface area contributed by atoms with Crippen LogP contribution in [0.4, 0.5) is 4.39 Å². The second-order valence-electron chi connectivity index (χ2n) is 5.02. The molecule has 102 valence electrons. The van der Waals surface area contributed by atoms with Crippen LogP contribution in [0.2, 0.25) is 0 Å². The number of aromatic amines is 1. The molecule has 0 amide bonds. The molecule has 0 fully saturated rings. The van der Waals surface area contributed by atoms with E-state index in [-0.39, 0.29) is 11.7 Å². The first kappa shape index (κ1) is 12.9. The molecule has 1 aromatic heterocycles. The summed E-state index contributed by atoms with van der Waals surface area (Å²) in [6.45, 7) is 0.496. The van der Waals surface area contributed by atoms with E-state index in [0.29, 0.717) is 18.5 Å². The van der Waals surface area contributed by atoms with Crippen LogP contribution in [0.1, 0.15) is 17.0 Å². The van der Waals surface area contributed by atoms with Crippen molar-refractivity contribution < 1.29 is 4.39 Å². The molecule has 0 aliphatic rings. The van der Waals surface area contributed by atoms with Crippen molar-refractivity contribution in [3.63, 3.8) is 0 Å². The molecule has 3 aromatic rings. The highest BCUT2D eigenvalue weighted by Gasteiger charge is 2.16. The van der Waals surface area contributed by atoms with Gasteiger partial charge in [-0.25, -0.2) is 4.39 Å². The Morgan fingerprint density at radius 2 is 1.80 bits per heavy atom. The van der Waals surface area contributed by atoms with E-state index in [1.54, 1.807) is 6.07 Å². The van der Waals surface area contributed by atoms with Crippen LogP contribution in [0, 0.1) is 5.82 Å². The molecule has 20 heavy (non-hydrogen) atoms. The van der Waals surface area contributed by atoms with Gasteiger partial charge in [0.1, 0.15) is 5.82 Å². The molecule has 1 heterocycles. The summed E-state index contributed by atoms with van der Waals surface area (Å²) in [6, 6.07) is 15.0. The van der Waals surface area contributed by atoms with Crippen molar-refractivity contribution in [1.82, 2.24) is 4.98 Å². The second-order valence-corrected chi connectivity index (χ2v) is 5.02. The van der Waals surface area contributed by atoms with Crippen molar-refractivity contribution in [1.29, 1.82) is 0 Å². The van der Waals surface area contributed by atoms with Crippen molar-refractivity contribution in [2.45, 2.75) is 12.3 Å². The van der Waals surface area contributed by atoms with E-state index in [4.69, 9.17) is 5.73 Å². The van der Waals surface area contributed by atoms with Gasteiger partial charge in [0.15, 0.2) is 0 Å². The third-order valence-corrected chi connectivity index (χ3v) is 3.77. The predicted molar refractivity (Wildman–Crippen MR) is 80.2 cm³/mol. The molecule has 0 radical (unpaired) electrons. The van der Waals surface area contributed by atoms with Gasteiger partial charge < -0.3 is 10.7 Å². The van der Waals surface area contributed by atoms with Crippen LogP contribution in [-0.4, -0.2) is 11.5 Å². The summed E-state index contributed by atoms with van der Waals surface area (Å²) in [6.07, 6.45) is 2.61. The number of halogens is 1.